The van der Waals surface area contributed by atoms with Gasteiger partial charge in [-0.05, 0) is 17.7 Å². The maximum Gasteiger partial charge on any atom is 0.128 e. The van der Waals surface area contributed by atoms with Crippen molar-refractivity contribution in [2.45, 2.75) is 0 Å². The van der Waals surface area contributed by atoms with E-state index < -0.39 is 11.6 Å². The molecule has 0 aliphatic carbocycles. The molecule has 0 saturated heterocycles. The minimum absolute atomic E-state index is 0.265. The maximum absolute atomic E-state index is 12.8. The van der Waals surface area contributed by atoms with Crippen molar-refractivity contribution in [1.29, 1.82) is 0 Å². The van der Waals surface area contributed by atoms with Gasteiger partial charge < -0.3 is 0 Å². The molecule has 0 saturated carbocycles. The summed E-state index contributed by atoms with van der Waals surface area (Å²) in [6.07, 6.45) is 1.56. The predicted molar refractivity (Wildman–Crippen MR) is 60.1 cm³/mol. The predicted octanol–water partition coefficient (Wildman–Crippen LogP) is 3.72. The highest BCUT2D eigenvalue weighted by Crippen LogP contribution is 2.15. The lowest BCUT2D eigenvalue weighted by atomic mass is 10.2. The normalized spacial score (nSPS) is 10.9. The zero-order valence-corrected chi connectivity index (χ0v) is 8.40. The number of rotatable bonds is 2. The van der Waals surface area contributed by atoms with Gasteiger partial charge in [0.25, 0.3) is 0 Å². The molecule has 2 aromatic carbocycles. The fourth-order valence-corrected chi connectivity index (χ4v) is 1.30. The smallest absolute Gasteiger partial charge is 0.128 e. The van der Waals surface area contributed by atoms with Gasteiger partial charge in [-0.25, -0.2) is 8.78 Å². The van der Waals surface area contributed by atoms with E-state index in [9.17, 15) is 8.78 Å². The van der Waals surface area contributed by atoms with Crippen molar-refractivity contribution in [3.8, 4) is 0 Å². The van der Waals surface area contributed by atoms with Crippen molar-refractivity contribution in [1.82, 2.24) is 0 Å². The van der Waals surface area contributed by atoms with E-state index in [1.165, 1.54) is 12.1 Å². The molecule has 1 nitrogen and oxygen atoms in total. The van der Waals surface area contributed by atoms with E-state index in [4.69, 9.17) is 0 Å². The fourth-order valence-electron chi connectivity index (χ4n) is 1.30. The van der Waals surface area contributed by atoms with Crippen LogP contribution in [0.3, 0.4) is 0 Å². The van der Waals surface area contributed by atoms with Crippen LogP contribution in [0.2, 0.25) is 0 Å². The summed E-state index contributed by atoms with van der Waals surface area (Å²) in [5, 5.41) is 0. The number of nitrogens with zero attached hydrogens (tertiary/aromatic N) is 1. The Morgan fingerprint density at radius 2 is 1.50 bits per heavy atom. The van der Waals surface area contributed by atoms with Crippen molar-refractivity contribution in [2.75, 3.05) is 0 Å². The number of halogens is 2. The van der Waals surface area contributed by atoms with Crippen LogP contribution >= 0.6 is 0 Å². The van der Waals surface area contributed by atoms with Gasteiger partial charge in [-0.3, -0.25) is 4.99 Å². The van der Waals surface area contributed by atoms with Gasteiger partial charge >= 0.3 is 0 Å². The first-order valence-electron chi connectivity index (χ1n) is 4.79. The molecule has 0 radical (unpaired) electrons. The van der Waals surface area contributed by atoms with E-state index in [-0.39, 0.29) is 5.69 Å². The van der Waals surface area contributed by atoms with Crippen molar-refractivity contribution in [3.63, 3.8) is 0 Å². The maximum atomic E-state index is 12.8. The first-order valence-corrected chi connectivity index (χ1v) is 4.79. The Hall–Kier alpha value is -2.03. The Morgan fingerprint density at radius 1 is 0.875 bits per heavy atom. The largest absolute Gasteiger partial charge is 0.256 e. The second-order valence-electron chi connectivity index (χ2n) is 3.30. The molecule has 80 valence electrons. The Balaban J connectivity index is 2.24. The van der Waals surface area contributed by atoms with E-state index in [0.717, 1.165) is 11.6 Å². The summed E-state index contributed by atoms with van der Waals surface area (Å²) in [4.78, 5) is 3.99. The van der Waals surface area contributed by atoms with Crippen LogP contribution in [0.25, 0.3) is 0 Å². The van der Waals surface area contributed by atoms with Crippen LogP contribution < -0.4 is 0 Å². The van der Waals surface area contributed by atoms with Gasteiger partial charge in [-0.2, -0.15) is 0 Å². The van der Waals surface area contributed by atoms with E-state index in [1.807, 2.05) is 30.3 Å². The third-order valence-electron chi connectivity index (χ3n) is 2.01. The van der Waals surface area contributed by atoms with Crippen LogP contribution in [0.1, 0.15) is 5.56 Å². The van der Waals surface area contributed by atoms with Crippen LogP contribution in [-0.2, 0) is 0 Å². The van der Waals surface area contributed by atoms with Crippen molar-refractivity contribution in [3.05, 3.63) is 65.7 Å². The zero-order valence-electron chi connectivity index (χ0n) is 8.40. The van der Waals surface area contributed by atoms with Gasteiger partial charge in [0.15, 0.2) is 0 Å². The third kappa shape index (κ3) is 2.73. The fraction of sp³-hybridized carbons (Fsp3) is 0. The molecule has 16 heavy (non-hydrogen) atoms. The Kier molecular flexibility index (Phi) is 3.05. The third-order valence-corrected chi connectivity index (χ3v) is 2.01. The first-order chi connectivity index (χ1) is 7.74. The van der Waals surface area contributed by atoms with Crippen LogP contribution in [0, 0.1) is 11.6 Å². The number of aliphatic imine (C=N–C) groups is 1. The van der Waals surface area contributed by atoms with Crippen molar-refractivity contribution in [2.24, 2.45) is 4.99 Å². The van der Waals surface area contributed by atoms with E-state index in [2.05, 4.69) is 4.99 Å². The molecule has 0 aliphatic heterocycles. The summed E-state index contributed by atoms with van der Waals surface area (Å²) in [6.45, 7) is 0. The lowest BCUT2D eigenvalue weighted by Gasteiger charge is -1.95. The topological polar surface area (TPSA) is 12.4 Å². The zero-order chi connectivity index (χ0) is 11.4. The molecule has 0 N–H and O–H groups in total. The van der Waals surface area contributed by atoms with Crippen LogP contribution in [-0.4, -0.2) is 6.21 Å². The van der Waals surface area contributed by atoms with Gasteiger partial charge in [0.1, 0.15) is 11.6 Å². The minimum atomic E-state index is -0.625. The average Bonchev–Trinajstić information content (AvgIpc) is 2.27. The molecule has 2 aromatic rings. The van der Waals surface area contributed by atoms with Crippen LogP contribution in [0.4, 0.5) is 14.5 Å². The van der Waals surface area contributed by atoms with Gasteiger partial charge in [0, 0.05) is 12.3 Å². The van der Waals surface area contributed by atoms with E-state index in [1.54, 1.807) is 6.21 Å². The van der Waals surface area contributed by atoms with E-state index in [0.29, 0.717) is 0 Å². The molecule has 2 rings (SSSR count). The van der Waals surface area contributed by atoms with Crippen molar-refractivity contribution < 1.29 is 8.78 Å². The SMILES string of the molecule is Fc1cc(F)cc(N=Cc2ccccc2)c1. The molecule has 0 bridgehead atoms. The molecular formula is C13H9F2N. The highest BCUT2D eigenvalue weighted by atomic mass is 19.1. The summed E-state index contributed by atoms with van der Waals surface area (Å²) >= 11 is 0. The minimum Gasteiger partial charge on any atom is -0.256 e. The number of hydrogen-bond acceptors (Lipinski definition) is 1. The standard InChI is InChI=1S/C13H9F2N/c14-11-6-12(15)8-13(7-11)16-9-10-4-2-1-3-5-10/h1-9H. The summed E-state index contributed by atoms with van der Waals surface area (Å²) in [6, 6.07) is 12.5. The lowest BCUT2D eigenvalue weighted by molar-refractivity contribution is 0.584. The van der Waals surface area contributed by atoms with Gasteiger partial charge in [0.2, 0.25) is 0 Å². The quantitative estimate of drug-likeness (QED) is 0.680. The van der Waals surface area contributed by atoms with Crippen LogP contribution in [0.15, 0.2) is 53.5 Å². The lowest BCUT2D eigenvalue weighted by Crippen LogP contribution is -1.81. The highest BCUT2D eigenvalue weighted by Gasteiger charge is 1.97. The number of hydrogen-bond donors (Lipinski definition) is 0. The molecule has 0 spiro atoms. The first kappa shape index (κ1) is 10.5. The van der Waals surface area contributed by atoms with Crippen molar-refractivity contribution >= 4 is 11.9 Å². The summed E-state index contributed by atoms with van der Waals surface area (Å²) in [7, 11) is 0. The summed E-state index contributed by atoms with van der Waals surface area (Å²) < 4.78 is 25.7. The second kappa shape index (κ2) is 4.66. The van der Waals surface area contributed by atoms with Crippen LogP contribution in [0.5, 0.6) is 0 Å². The van der Waals surface area contributed by atoms with Gasteiger partial charge in [-0.15, -0.1) is 0 Å². The summed E-state index contributed by atoms with van der Waals surface area (Å²) in [5.74, 6) is -1.25. The molecular weight excluding hydrogens is 208 g/mol. The average molecular weight is 217 g/mol. The van der Waals surface area contributed by atoms with E-state index >= 15 is 0 Å². The summed E-state index contributed by atoms with van der Waals surface area (Å²) in [5.41, 5.74) is 1.15. The Labute approximate surface area is 92.1 Å². The molecule has 0 atom stereocenters. The Morgan fingerprint density at radius 3 is 2.12 bits per heavy atom. The highest BCUT2D eigenvalue weighted by molar-refractivity contribution is 5.81. The molecule has 3 heteroatoms. The molecule has 0 heterocycles. The van der Waals surface area contributed by atoms with Gasteiger partial charge in [0.05, 0.1) is 5.69 Å². The Bertz CT molecular complexity index is 486. The van der Waals surface area contributed by atoms with Gasteiger partial charge in [-0.1, -0.05) is 30.3 Å². The second-order valence-corrected chi connectivity index (χ2v) is 3.30. The molecule has 0 unspecified atom stereocenters. The molecule has 0 amide bonds. The number of benzene rings is 2. The molecule has 0 aromatic heterocycles. The molecule has 0 fully saturated rings. The molecule has 0 aliphatic rings. The monoisotopic (exact) mass is 217 g/mol.